The van der Waals surface area contributed by atoms with Crippen LogP contribution in [0.25, 0.3) is 5.57 Å². The van der Waals surface area contributed by atoms with Crippen LogP contribution < -0.4 is 9.47 Å². The van der Waals surface area contributed by atoms with E-state index in [0.717, 1.165) is 29.1 Å². The Bertz CT molecular complexity index is 712. The van der Waals surface area contributed by atoms with Gasteiger partial charge in [0.1, 0.15) is 11.5 Å². The molecule has 3 heteroatoms. The topological polar surface area (TPSA) is 35.5 Å². The molecule has 0 aromatic heterocycles. The number of carbonyl (C=O) groups excluding carboxylic acids is 1. The number of carbonyl (C=O) groups is 1. The summed E-state index contributed by atoms with van der Waals surface area (Å²) < 4.78 is 10.4. The first kappa shape index (κ1) is 15.3. The van der Waals surface area contributed by atoms with Gasteiger partial charge >= 0.3 is 0 Å². The van der Waals surface area contributed by atoms with E-state index >= 15 is 0 Å². The van der Waals surface area contributed by atoms with E-state index in [-0.39, 0.29) is 11.7 Å². The van der Waals surface area contributed by atoms with Gasteiger partial charge in [0.05, 0.1) is 14.2 Å². The third-order valence-electron chi connectivity index (χ3n) is 4.30. The number of ether oxygens (including phenoxy) is 2. The molecular formula is C20H20O3. The fourth-order valence-corrected chi connectivity index (χ4v) is 3.01. The highest BCUT2D eigenvalue weighted by atomic mass is 16.5. The molecule has 3 nitrogen and oxygen atoms in total. The first-order valence-electron chi connectivity index (χ1n) is 7.71. The lowest BCUT2D eigenvalue weighted by atomic mass is 9.81. The maximum Gasteiger partial charge on any atom is 0.156 e. The largest absolute Gasteiger partial charge is 0.497 e. The van der Waals surface area contributed by atoms with Gasteiger partial charge in [-0.3, -0.25) is 4.79 Å². The molecule has 2 aromatic rings. The smallest absolute Gasteiger partial charge is 0.156 e. The molecule has 1 aliphatic carbocycles. The van der Waals surface area contributed by atoms with Crippen LogP contribution in [0.2, 0.25) is 0 Å². The maximum absolute atomic E-state index is 12.2. The highest BCUT2D eigenvalue weighted by Crippen LogP contribution is 2.36. The Morgan fingerprint density at radius 3 is 1.96 bits per heavy atom. The van der Waals surface area contributed by atoms with Crippen molar-refractivity contribution < 1.29 is 14.3 Å². The monoisotopic (exact) mass is 308 g/mol. The molecule has 0 radical (unpaired) electrons. The van der Waals surface area contributed by atoms with Gasteiger partial charge < -0.3 is 9.47 Å². The van der Waals surface area contributed by atoms with E-state index in [1.54, 1.807) is 20.3 Å². The zero-order valence-electron chi connectivity index (χ0n) is 13.4. The van der Waals surface area contributed by atoms with Crippen molar-refractivity contribution in [2.45, 2.75) is 18.8 Å². The Kier molecular flexibility index (Phi) is 4.47. The lowest BCUT2D eigenvalue weighted by molar-refractivity contribution is -0.115. The van der Waals surface area contributed by atoms with Crippen molar-refractivity contribution in [1.29, 1.82) is 0 Å². The fourth-order valence-electron chi connectivity index (χ4n) is 3.01. The molecule has 23 heavy (non-hydrogen) atoms. The summed E-state index contributed by atoms with van der Waals surface area (Å²) >= 11 is 0. The Balaban J connectivity index is 1.83. The standard InChI is InChI=1S/C20H20O3/c1-22-19-7-3-14(4-8-19)16-11-17(13-18(21)12-16)15-5-9-20(23-2)10-6-15/h3-10,12,17H,11,13H2,1-2H3/t17-/m0/s1. The highest BCUT2D eigenvalue weighted by Gasteiger charge is 2.23. The van der Waals surface area contributed by atoms with Gasteiger partial charge in [-0.2, -0.15) is 0 Å². The predicted molar refractivity (Wildman–Crippen MR) is 90.9 cm³/mol. The van der Waals surface area contributed by atoms with Crippen LogP contribution in [0.15, 0.2) is 54.6 Å². The van der Waals surface area contributed by atoms with Crippen molar-refractivity contribution in [3.8, 4) is 11.5 Å². The third kappa shape index (κ3) is 3.45. The Morgan fingerprint density at radius 1 is 0.826 bits per heavy atom. The second-order valence-electron chi connectivity index (χ2n) is 5.74. The first-order valence-corrected chi connectivity index (χ1v) is 7.71. The van der Waals surface area contributed by atoms with Gasteiger partial charge in [0.2, 0.25) is 0 Å². The summed E-state index contributed by atoms with van der Waals surface area (Å²) in [7, 11) is 3.31. The van der Waals surface area contributed by atoms with Crippen molar-refractivity contribution in [3.63, 3.8) is 0 Å². The minimum Gasteiger partial charge on any atom is -0.497 e. The highest BCUT2D eigenvalue weighted by molar-refractivity contribution is 5.99. The summed E-state index contributed by atoms with van der Waals surface area (Å²) in [6.07, 6.45) is 3.21. The second-order valence-corrected chi connectivity index (χ2v) is 5.74. The summed E-state index contributed by atoms with van der Waals surface area (Å²) in [5.74, 6) is 2.06. The molecule has 0 N–H and O–H groups in total. The van der Waals surface area contributed by atoms with E-state index in [9.17, 15) is 4.79 Å². The summed E-state index contributed by atoms with van der Waals surface area (Å²) in [4.78, 5) is 12.2. The summed E-state index contributed by atoms with van der Waals surface area (Å²) in [5.41, 5.74) is 3.35. The van der Waals surface area contributed by atoms with Crippen molar-refractivity contribution in [2.75, 3.05) is 14.2 Å². The van der Waals surface area contributed by atoms with E-state index < -0.39 is 0 Å². The van der Waals surface area contributed by atoms with E-state index in [4.69, 9.17) is 9.47 Å². The average Bonchev–Trinajstić information content (AvgIpc) is 2.61. The van der Waals surface area contributed by atoms with Crippen LogP contribution in [0.1, 0.15) is 29.9 Å². The van der Waals surface area contributed by atoms with Crippen molar-refractivity contribution >= 4 is 11.4 Å². The number of benzene rings is 2. The minimum absolute atomic E-state index is 0.183. The molecule has 118 valence electrons. The van der Waals surface area contributed by atoms with E-state index in [1.807, 2.05) is 48.5 Å². The van der Waals surface area contributed by atoms with Crippen LogP contribution in [0.5, 0.6) is 11.5 Å². The zero-order valence-corrected chi connectivity index (χ0v) is 13.4. The number of rotatable bonds is 4. The molecule has 0 fully saturated rings. The average molecular weight is 308 g/mol. The van der Waals surface area contributed by atoms with Crippen LogP contribution in [0.3, 0.4) is 0 Å². The van der Waals surface area contributed by atoms with Crippen molar-refractivity contribution in [3.05, 3.63) is 65.7 Å². The quantitative estimate of drug-likeness (QED) is 0.847. The van der Waals surface area contributed by atoms with Gasteiger partial charge in [0.25, 0.3) is 0 Å². The van der Waals surface area contributed by atoms with Crippen LogP contribution in [0.4, 0.5) is 0 Å². The zero-order chi connectivity index (χ0) is 16.2. The summed E-state index contributed by atoms with van der Waals surface area (Å²) in [5, 5.41) is 0. The van der Waals surface area contributed by atoms with E-state index in [0.29, 0.717) is 6.42 Å². The molecule has 0 bridgehead atoms. The molecule has 0 spiro atoms. The van der Waals surface area contributed by atoms with E-state index in [2.05, 4.69) is 0 Å². The maximum atomic E-state index is 12.2. The van der Waals surface area contributed by atoms with Gasteiger partial charge in [-0.05, 0) is 59.4 Å². The molecule has 0 saturated carbocycles. The second kappa shape index (κ2) is 6.69. The Hall–Kier alpha value is -2.55. The molecular weight excluding hydrogens is 288 g/mol. The predicted octanol–water partition coefficient (Wildman–Crippen LogP) is 4.23. The number of hydrogen-bond acceptors (Lipinski definition) is 3. The van der Waals surface area contributed by atoms with Crippen molar-refractivity contribution in [1.82, 2.24) is 0 Å². The number of allylic oxidation sites excluding steroid dienone is 2. The van der Waals surface area contributed by atoms with Crippen LogP contribution >= 0.6 is 0 Å². The lowest BCUT2D eigenvalue weighted by Gasteiger charge is -2.23. The van der Waals surface area contributed by atoms with Gasteiger partial charge in [-0.25, -0.2) is 0 Å². The molecule has 0 aliphatic heterocycles. The lowest BCUT2D eigenvalue weighted by Crippen LogP contribution is -2.12. The molecule has 0 saturated heterocycles. The molecule has 0 amide bonds. The summed E-state index contributed by atoms with van der Waals surface area (Å²) in [6.45, 7) is 0. The van der Waals surface area contributed by atoms with E-state index in [1.165, 1.54) is 5.56 Å². The van der Waals surface area contributed by atoms with Gasteiger partial charge in [-0.15, -0.1) is 0 Å². The fraction of sp³-hybridized carbons (Fsp3) is 0.250. The first-order chi connectivity index (χ1) is 11.2. The molecule has 0 unspecified atom stereocenters. The summed E-state index contributed by atoms with van der Waals surface area (Å²) in [6, 6.07) is 15.9. The Labute approximate surface area is 136 Å². The van der Waals surface area contributed by atoms with Crippen LogP contribution in [-0.4, -0.2) is 20.0 Å². The normalized spacial score (nSPS) is 17.6. The van der Waals surface area contributed by atoms with Gasteiger partial charge in [0.15, 0.2) is 5.78 Å². The van der Waals surface area contributed by atoms with Gasteiger partial charge in [-0.1, -0.05) is 24.3 Å². The molecule has 1 atom stereocenters. The third-order valence-corrected chi connectivity index (χ3v) is 4.30. The molecule has 1 aliphatic rings. The van der Waals surface area contributed by atoms with Gasteiger partial charge in [0, 0.05) is 6.42 Å². The van der Waals surface area contributed by atoms with Crippen LogP contribution in [-0.2, 0) is 4.79 Å². The molecule has 0 heterocycles. The molecule has 3 rings (SSSR count). The number of hydrogen-bond donors (Lipinski definition) is 0. The number of methoxy groups -OCH3 is 2. The Morgan fingerprint density at radius 2 is 1.39 bits per heavy atom. The SMILES string of the molecule is COc1ccc(C2=CC(=O)C[C@@H](c3ccc(OC)cc3)C2)cc1. The van der Waals surface area contributed by atoms with Crippen molar-refractivity contribution in [2.24, 2.45) is 0 Å². The minimum atomic E-state index is 0.183. The number of ketones is 1. The van der Waals surface area contributed by atoms with Crippen LogP contribution in [0, 0.1) is 0 Å². The molecule has 2 aromatic carbocycles.